The third kappa shape index (κ3) is 4.25. The van der Waals surface area contributed by atoms with Crippen LogP contribution in [0.15, 0.2) is 83.8 Å². The van der Waals surface area contributed by atoms with E-state index >= 15 is 0 Å². The van der Waals surface area contributed by atoms with E-state index in [2.05, 4.69) is 67.2 Å². The van der Waals surface area contributed by atoms with Crippen LogP contribution in [0, 0.1) is 12.8 Å². The smallest absolute Gasteiger partial charge is 0.261 e. The van der Waals surface area contributed by atoms with Crippen molar-refractivity contribution in [1.82, 2.24) is 0 Å². The van der Waals surface area contributed by atoms with Gasteiger partial charge in [0.25, 0.3) is 10.0 Å². The highest BCUT2D eigenvalue weighted by molar-refractivity contribution is 7.92. The SMILES string of the molecule is Cc1cccc(NS(=O)(=O)c2ccc3c(c2)[C@@H]2C=CC[C@@H]2[C@@H](c2ccc(C(C)(C)C)cc2)N3)c1. The molecule has 5 heteroatoms. The van der Waals surface area contributed by atoms with Crippen molar-refractivity contribution in [3.63, 3.8) is 0 Å². The third-order valence-corrected chi connectivity index (χ3v) is 8.43. The minimum absolute atomic E-state index is 0.122. The van der Waals surface area contributed by atoms with Crippen molar-refractivity contribution >= 4 is 21.4 Å². The zero-order chi connectivity index (χ0) is 24.1. The second-order valence-corrected chi connectivity index (χ2v) is 12.3. The van der Waals surface area contributed by atoms with E-state index in [4.69, 9.17) is 0 Å². The van der Waals surface area contributed by atoms with Gasteiger partial charge in [-0.2, -0.15) is 0 Å². The van der Waals surface area contributed by atoms with Crippen LogP contribution in [-0.4, -0.2) is 8.42 Å². The van der Waals surface area contributed by atoms with Crippen LogP contribution in [-0.2, 0) is 15.4 Å². The van der Waals surface area contributed by atoms with E-state index in [1.165, 1.54) is 11.1 Å². The van der Waals surface area contributed by atoms with E-state index in [0.717, 1.165) is 23.2 Å². The molecule has 34 heavy (non-hydrogen) atoms. The van der Waals surface area contributed by atoms with Gasteiger partial charge in [-0.15, -0.1) is 0 Å². The summed E-state index contributed by atoms with van der Waals surface area (Å²) in [5.41, 5.74) is 6.36. The summed E-state index contributed by atoms with van der Waals surface area (Å²) in [6, 6.07) is 22.0. The van der Waals surface area contributed by atoms with Crippen molar-refractivity contribution in [2.45, 2.75) is 56.4 Å². The van der Waals surface area contributed by atoms with Gasteiger partial charge in [-0.05, 0) is 77.3 Å². The molecular formula is C29H32N2O2S. The molecule has 2 aliphatic rings. The first kappa shape index (κ1) is 22.7. The van der Waals surface area contributed by atoms with Crippen LogP contribution >= 0.6 is 0 Å². The van der Waals surface area contributed by atoms with Gasteiger partial charge in [0.2, 0.25) is 0 Å². The highest BCUT2D eigenvalue weighted by atomic mass is 32.2. The topological polar surface area (TPSA) is 58.2 Å². The van der Waals surface area contributed by atoms with Crippen LogP contribution in [0.1, 0.15) is 61.4 Å². The van der Waals surface area contributed by atoms with E-state index in [1.807, 2.05) is 37.3 Å². The van der Waals surface area contributed by atoms with Gasteiger partial charge >= 0.3 is 0 Å². The Morgan fingerprint density at radius 1 is 0.971 bits per heavy atom. The number of benzene rings is 3. The molecule has 0 radical (unpaired) electrons. The summed E-state index contributed by atoms with van der Waals surface area (Å²) in [5.74, 6) is 0.549. The number of aryl methyl sites for hydroxylation is 1. The maximum atomic E-state index is 13.1. The van der Waals surface area contributed by atoms with Gasteiger partial charge in [-0.1, -0.05) is 69.3 Å². The first-order valence-electron chi connectivity index (χ1n) is 11.9. The fourth-order valence-electron chi connectivity index (χ4n) is 5.18. The molecular weight excluding hydrogens is 440 g/mol. The van der Waals surface area contributed by atoms with E-state index < -0.39 is 10.0 Å². The maximum Gasteiger partial charge on any atom is 0.261 e. The number of rotatable bonds is 4. The molecule has 0 spiro atoms. The quantitative estimate of drug-likeness (QED) is 0.405. The Bertz CT molecular complexity index is 1350. The number of fused-ring (bicyclic) bond motifs is 3. The molecule has 0 unspecified atom stereocenters. The van der Waals surface area contributed by atoms with Gasteiger partial charge < -0.3 is 5.32 Å². The van der Waals surface area contributed by atoms with Gasteiger partial charge in [0.05, 0.1) is 10.9 Å². The number of allylic oxidation sites excluding steroid dienone is 2. The lowest BCUT2D eigenvalue weighted by Crippen LogP contribution is -2.29. The molecule has 0 fully saturated rings. The molecule has 5 rings (SSSR count). The fourth-order valence-corrected chi connectivity index (χ4v) is 6.27. The number of hydrogen-bond donors (Lipinski definition) is 2. The first-order valence-corrected chi connectivity index (χ1v) is 13.4. The molecule has 3 atom stereocenters. The van der Waals surface area contributed by atoms with Crippen molar-refractivity contribution in [3.8, 4) is 0 Å². The Kier molecular flexibility index (Phi) is 5.56. The van der Waals surface area contributed by atoms with E-state index in [9.17, 15) is 8.42 Å². The normalized spacial score (nSPS) is 21.5. The Labute approximate surface area is 203 Å². The number of hydrogen-bond acceptors (Lipinski definition) is 3. The van der Waals surface area contributed by atoms with E-state index in [1.54, 1.807) is 12.1 Å². The molecule has 3 aromatic carbocycles. The molecule has 0 bridgehead atoms. The van der Waals surface area contributed by atoms with Crippen LogP contribution in [0.2, 0.25) is 0 Å². The summed E-state index contributed by atoms with van der Waals surface area (Å²) < 4.78 is 29.0. The Morgan fingerprint density at radius 2 is 1.74 bits per heavy atom. The van der Waals surface area contributed by atoms with Crippen molar-refractivity contribution in [1.29, 1.82) is 0 Å². The van der Waals surface area contributed by atoms with Crippen molar-refractivity contribution in [2.75, 3.05) is 10.0 Å². The summed E-state index contributed by atoms with van der Waals surface area (Å²) in [6.45, 7) is 8.64. The largest absolute Gasteiger partial charge is 0.378 e. The lowest BCUT2D eigenvalue weighted by Gasteiger charge is -2.38. The predicted molar refractivity (Wildman–Crippen MR) is 140 cm³/mol. The lowest BCUT2D eigenvalue weighted by atomic mass is 9.76. The first-order chi connectivity index (χ1) is 16.1. The fraction of sp³-hybridized carbons (Fsp3) is 0.310. The molecule has 1 aliphatic carbocycles. The van der Waals surface area contributed by atoms with Crippen LogP contribution in [0.4, 0.5) is 11.4 Å². The molecule has 0 aromatic heterocycles. The molecule has 3 aromatic rings. The summed E-state index contributed by atoms with van der Waals surface area (Å²) in [6.07, 6.45) is 5.45. The molecule has 0 saturated carbocycles. The summed E-state index contributed by atoms with van der Waals surface area (Å²) in [7, 11) is -3.68. The average Bonchev–Trinajstić information content (AvgIpc) is 3.28. The van der Waals surface area contributed by atoms with Crippen molar-refractivity contribution in [2.24, 2.45) is 5.92 Å². The van der Waals surface area contributed by atoms with Gasteiger partial charge in [-0.25, -0.2) is 8.42 Å². The van der Waals surface area contributed by atoms with Crippen molar-refractivity contribution < 1.29 is 8.42 Å². The standard InChI is InChI=1S/C29H32N2O2S/c1-19-7-5-8-22(17-19)31-34(32,33)23-15-16-27-26(18-23)24-9-6-10-25(24)28(30-27)20-11-13-21(14-12-20)29(2,3)4/h5-9,11-18,24-25,28,30-31H,10H2,1-4H3/t24-,25+,28-/m1/s1. The highest BCUT2D eigenvalue weighted by Crippen LogP contribution is 2.50. The van der Waals surface area contributed by atoms with Gasteiger partial charge in [0.1, 0.15) is 0 Å². The summed E-state index contributed by atoms with van der Waals surface area (Å²) in [5, 5.41) is 3.72. The number of anilines is 2. The molecule has 1 aliphatic heterocycles. The lowest BCUT2D eigenvalue weighted by molar-refractivity contribution is 0.425. The second kappa shape index (κ2) is 8.31. The molecule has 4 nitrogen and oxygen atoms in total. The van der Waals surface area contributed by atoms with Crippen LogP contribution in [0.25, 0.3) is 0 Å². The Morgan fingerprint density at radius 3 is 2.44 bits per heavy atom. The van der Waals surface area contributed by atoms with Gasteiger partial charge in [-0.3, -0.25) is 4.72 Å². The maximum absolute atomic E-state index is 13.1. The Hall–Kier alpha value is -3.05. The monoisotopic (exact) mass is 472 g/mol. The zero-order valence-electron chi connectivity index (χ0n) is 20.2. The average molecular weight is 473 g/mol. The Balaban J connectivity index is 1.46. The molecule has 176 valence electrons. The molecule has 0 saturated heterocycles. The number of nitrogens with one attached hydrogen (secondary N) is 2. The molecule has 1 heterocycles. The van der Waals surface area contributed by atoms with Crippen LogP contribution in [0.3, 0.4) is 0 Å². The molecule has 2 N–H and O–H groups in total. The molecule has 0 amide bonds. The number of sulfonamides is 1. The van der Waals surface area contributed by atoms with Gasteiger partial charge in [0, 0.05) is 17.3 Å². The van der Waals surface area contributed by atoms with Crippen LogP contribution in [0.5, 0.6) is 0 Å². The zero-order valence-corrected chi connectivity index (χ0v) is 21.0. The van der Waals surface area contributed by atoms with Crippen molar-refractivity contribution in [3.05, 3.63) is 101 Å². The summed E-state index contributed by atoms with van der Waals surface area (Å²) >= 11 is 0. The van der Waals surface area contributed by atoms with Gasteiger partial charge in [0.15, 0.2) is 0 Å². The predicted octanol–water partition coefficient (Wildman–Crippen LogP) is 6.92. The highest BCUT2D eigenvalue weighted by Gasteiger charge is 2.38. The van der Waals surface area contributed by atoms with Crippen LogP contribution < -0.4 is 10.0 Å². The third-order valence-electron chi connectivity index (χ3n) is 7.05. The minimum Gasteiger partial charge on any atom is -0.378 e. The minimum atomic E-state index is -3.68. The van der Waals surface area contributed by atoms with E-state index in [0.29, 0.717) is 16.5 Å². The summed E-state index contributed by atoms with van der Waals surface area (Å²) in [4.78, 5) is 0.293. The second-order valence-electron chi connectivity index (χ2n) is 10.6. The van der Waals surface area contributed by atoms with E-state index in [-0.39, 0.29) is 17.4 Å².